The molecule has 4 nitrogen and oxygen atoms in total. The molecular formula is C28H37ClN2O2S. The molecule has 2 amide bonds. The molecular weight excluding hydrogens is 464 g/mol. The lowest BCUT2D eigenvalue weighted by atomic mass is 9.95. The summed E-state index contributed by atoms with van der Waals surface area (Å²) < 4.78 is 0. The molecule has 0 spiro atoms. The Hall–Kier alpha value is -1.98. The van der Waals surface area contributed by atoms with Crippen molar-refractivity contribution in [2.45, 2.75) is 83.7 Å². The first-order chi connectivity index (χ1) is 16.4. The van der Waals surface area contributed by atoms with Gasteiger partial charge in [0.2, 0.25) is 11.8 Å². The van der Waals surface area contributed by atoms with Crippen LogP contribution in [0.3, 0.4) is 0 Å². The number of hydrogen-bond acceptors (Lipinski definition) is 3. The Balaban J connectivity index is 1.70. The van der Waals surface area contributed by atoms with E-state index in [1.165, 1.54) is 23.1 Å². The summed E-state index contributed by atoms with van der Waals surface area (Å²) in [6.45, 7) is 6.57. The van der Waals surface area contributed by atoms with E-state index in [2.05, 4.69) is 37.4 Å². The molecule has 0 unspecified atom stereocenters. The zero-order chi connectivity index (χ0) is 24.5. The predicted molar refractivity (Wildman–Crippen MR) is 143 cm³/mol. The number of carbonyl (C=O) groups excluding carboxylic acids is 2. The fraction of sp³-hybridized carbons (Fsp3) is 0.500. The molecule has 0 heterocycles. The van der Waals surface area contributed by atoms with Crippen LogP contribution in [0.5, 0.6) is 0 Å². The monoisotopic (exact) mass is 500 g/mol. The Morgan fingerprint density at radius 2 is 1.68 bits per heavy atom. The zero-order valence-corrected chi connectivity index (χ0v) is 22.2. The molecule has 0 aliphatic heterocycles. The normalized spacial score (nSPS) is 15.1. The highest BCUT2D eigenvalue weighted by Gasteiger charge is 2.30. The highest BCUT2D eigenvalue weighted by Crippen LogP contribution is 2.21. The molecule has 1 N–H and O–H groups in total. The number of amides is 2. The first-order valence-corrected chi connectivity index (χ1v) is 13.9. The molecule has 1 aliphatic rings. The summed E-state index contributed by atoms with van der Waals surface area (Å²) in [6.07, 6.45) is 6.19. The smallest absolute Gasteiger partial charge is 0.243 e. The Morgan fingerprint density at radius 1 is 1.03 bits per heavy atom. The van der Waals surface area contributed by atoms with Gasteiger partial charge in [0.25, 0.3) is 0 Å². The largest absolute Gasteiger partial charge is 0.352 e. The van der Waals surface area contributed by atoms with E-state index in [-0.39, 0.29) is 17.9 Å². The van der Waals surface area contributed by atoms with Crippen molar-refractivity contribution in [1.29, 1.82) is 0 Å². The minimum Gasteiger partial charge on any atom is -0.352 e. The molecule has 1 aliphatic carbocycles. The second-order valence-electron chi connectivity index (χ2n) is 9.40. The third-order valence-electron chi connectivity index (χ3n) is 6.38. The molecule has 0 bridgehead atoms. The Morgan fingerprint density at radius 3 is 2.29 bits per heavy atom. The third kappa shape index (κ3) is 8.06. The van der Waals surface area contributed by atoms with E-state index in [1.54, 1.807) is 16.7 Å². The van der Waals surface area contributed by atoms with Gasteiger partial charge >= 0.3 is 0 Å². The standard InChI is InChI=1S/C28H37ClN2O2S/c1-4-26(28(33)30-25-8-6-5-7-9-25)31(17-22-10-12-24(29)13-11-22)27(32)19-34-18-23-15-20(2)14-21(3)16-23/h10-16,25-26H,4-9,17-19H2,1-3H3,(H,30,33)/t26-/m1/s1. The van der Waals surface area contributed by atoms with E-state index in [0.717, 1.165) is 37.0 Å². The summed E-state index contributed by atoms with van der Waals surface area (Å²) in [6, 6.07) is 13.8. The molecule has 1 saturated carbocycles. The van der Waals surface area contributed by atoms with Crippen molar-refractivity contribution in [3.05, 3.63) is 69.7 Å². The molecule has 0 aromatic heterocycles. The summed E-state index contributed by atoms with van der Waals surface area (Å²) in [5.74, 6) is 1.08. The molecule has 3 rings (SSSR count). The van der Waals surface area contributed by atoms with Gasteiger partial charge < -0.3 is 10.2 Å². The van der Waals surface area contributed by atoms with Gasteiger partial charge in [-0.1, -0.05) is 79.2 Å². The van der Waals surface area contributed by atoms with Crippen molar-refractivity contribution >= 4 is 35.2 Å². The average Bonchev–Trinajstić information content (AvgIpc) is 2.80. The third-order valence-corrected chi connectivity index (χ3v) is 7.62. The zero-order valence-electron chi connectivity index (χ0n) is 20.6. The van der Waals surface area contributed by atoms with Crippen molar-refractivity contribution in [3.8, 4) is 0 Å². The number of rotatable bonds is 10. The number of hydrogen-bond donors (Lipinski definition) is 1. The van der Waals surface area contributed by atoms with Crippen molar-refractivity contribution in [3.63, 3.8) is 0 Å². The van der Waals surface area contributed by atoms with E-state index >= 15 is 0 Å². The van der Waals surface area contributed by atoms with Gasteiger partial charge in [-0.25, -0.2) is 0 Å². The lowest BCUT2D eigenvalue weighted by Crippen LogP contribution is -2.52. The minimum absolute atomic E-state index is 0.00466. The first kappa shape index (κ1) is 26.6. The number of carbonyl (C=O) groups is 2. The molecule has 2 aromatic rings. The number of thioether (sulfide) groups is 1. The van der Waals surface area contributed by atoms with Crippen LogP contribution in [0, 0.1) is 13.8 Å². The van der Waals surface area contributed by atoms with Gasteiger partial charge in [-0.05, 0) is 56.4 Å². The van der Waals surface area contributed by atoms with Gasteiger partial charge in [-0.3, -0.25) is 9.59 Å². The number of aryl methyl sites for hydroxylation is 2. The van der Waals surface area contributed by atoms with Crippen LogP contribution >= 0.6 is 23.4 Å². The molecule has 34 heavy (non-hydrogen) atoms. The molecule has 0 saturated heterocycles. The molecule has 6 heteroatoms. The quantitative estimate of drug-likeness (QED) is 0.408. The SMILES string of the molecule is CC[C@H](C(=O)NC1CCCCC1)N(Cc1ccc(Cl)cc1)C(=O)CSCc1cc(C)cc(C)c1. The fourth-order valence-electron chi connectivity index (χ4n) is 4.74. The molecule has 184 valence electrons. The number of nitrogens with one attached hydrogen (secondary N) is 1. The summed E-state index contributed by atoms with van der Waals surface area (Å²) in [4.78, 5) is 28.5. The highest BCUT2D eigenvalue weighted by molar-refractivity contribution is 7.99. The van der Waals surface area contributed by atoms with E-state index in [9.17, 15) is 9.59 Å². The van der Waals surface area contributed by atoms with Crippen molar-refractivity contribution in [1.82, 2.24) is 10.2 Å². The molecule has 1 fully saturated rings. The van der Waals surface area contributed by atoms with Crippen LogP contribution in [0.15, 0.2) is 42.5 Å². The second kappa shape index (κ2) is 13.2. The molecule has 0 radical (unpaired) electrons. The van der Waals surface area contributed by atoms with Gasteiger partial charge in [0, 0.05) is 23.4 Å². The number of halogens is 1. The Kier molecular flexibility index (Phi) is 10.3. The van der Waals surface area contributed by atoms with Gasteiger partial charge in [0.05, 0.1) is 5.75 Å². The van der Waals surface area contributed by atoms with E-state index in [4.69, 9.17) is 11.6 Å². The second-order valence-corrected chi connectivity index (χ2v) is 10.8. The van der Waals surface area contributed by atoms with Crippen LogP contribution in [-0.4, -0.2) is 34.6 Å². The topological polar surface area (TPSA) is 49.4 Å². The summed E-state index contributed by atoms with van der Waals surface area (Å²) in [7, 11) is 0. The minimum atomic E-state index is -0.480. The number of nitrogens with zero attached hydrogens (tertiary/aromatic N) is 1. The highest BCUT2D eigenvalue weighted by atomic mass is 35.5. The maximum absolute atomic E-state index is 13.4. The lowest BCUT2D eigenvalue weighted by molar-refractivity contribution is -0.139. The van der Waals surface area contributed by atoms with Crippen molar-refractivity contribution < 1.29 is 9.59 Å². The van der Waals surface area contributed by atoms with Crippen LogP contribution in [0.1, 0.15) is 67.7 Å². The van der Waals surface area contributed by atoms with Crippen LogP contribution < -0.4 is 5.32 Å². The van der Waals surface area contributed by atoms with Crippen molar-refractivity contribution in [2.75, 3.05) is 5.75 Å². The maximum Gasteiger partial charge on any atom is 0.243 e. The van der Waals surface area contributed by atoms with Gasteiger partial charge in [0.1, 0.15) is 6.04 Å². The number of benzene rings is 2. The lowest BCUT2D eigenvalue weighted by Gasteiger charge is -2.32. The van der Waals surface area contributed by atoms with E-state index < -0.39 is 6.04 Å². The van der Waals surface area contributed by atoms with Gasteiger partial charge in [-0.15, -0.1) is 11.8 Å². The Bertz CT molecular complexity index is 937. The summed E-state index contributed by atoms with van der Waals surface area (Å²) in [5.41, 5.74) is 4.66. The Labute approximate surface area is 213 Å². The van der Waals surface area contributed by atoms with Crippen LogP contribution in [0.4, 0.5) is 0 Å². The summed E-state index contributed by atoms with van der Waals surface area (Å²) in [5, 5.41) is 3.89. The molecule has 2 aromatic carbocycles. The fourth-order valence-corrected chi connectivity index (χ4v) is 5.71. The van der Waals surface area contributed by atoms with Crippen LogP contribution in [0.25, 0.3) is 0 Å². The maximum atomic E-state index is 13.4. The summed E-state index contributed by atoms with van der Waals surface area (Å²) >= 11 is 7.66. The average molecular weight is 501 g/mol. The molecule has 1 atom stereocenters. The van der Waals surface area contributed by atoms with Crippen molar-refractivity contribution in [2.24, 2.45) is 0 Å². The van der Waals surface area contributed by atoms with Crippen LogP contribution in [0.2, 0.25) is 5.02 Å². The van der Waals surface area contributed by atoms with Gasteiger partial charge in [-0.2, -0.15) is 0 Å². The van der Waals surface area contributed by atoms with E-state index in [1.807, 2.05) is 31.2 Å². The van der Waals surface area contributed by atoms with Crippen LogP contribution in [-0.2, 0) is 21.9 Å². The first-order valence-electron chi connectivity index (χ1n) is 12.3. The van der Waals surface area contributed by atoms with E-state index in [0.29, 0.717) is 23.7 Å². The van der Waals surface area contributed by atoms with Gasteiger partial charge in [0.15, 0.2) is 0 Å². The predicted octanol–water partition coefficient (Wildman–Crippen LogP) is 6.45.